The highest BCUT2D eigenvalue weighted by Crippen LogP contribution is 2.10. The predicted octanol–water partition coefficient (Wildman–Crippen LogP) is 1.12. The van der Waals surface area contributed by atoms with Gasteiger partial charge in [0.1, 0.15) is 6.04 Å². The molecule has 0 bridgehead atoms. The van der Waals surface area contributed by atoms with Crippen LogP contribution in [0.1, 0.15) is 0 Å². The Morgan fingerprint density at radius 2 is 2.56 bits per heavy atom. The van der Waals surface area contributed by atoms with E-state index in [-0.39, 0.29) is 6.04 Å². The quantitative estimate of drug-likeness (QED) is 0.547. The summed E-state index contributed by atoms with van der Waals surface area (Å²) >= 11 is 5.61. The summed E-state index contributed by atoms with van der Waals surface area (Å²) in [7, 11) is 0. The number of dihydropyridines is 1. The molecule has 1 N–H and O–H groups in total. The highest BCUT2D eigenvalue weighted by Gasteiger charge is 2.09. The Hall–Kier alpha value is -0.940. The summed E-state index contributed by atoms with van der Waals surface area (Å²) < 4.78 is 0. The third-order valence-electron chi connectivity index (χ3n) is 1.02. The Kier molecular flexibility index (Phi) is 1.76. The molecule has 0 fully saturated rings. The molecule has 0 aromatic rings. The number of halogens is 1. The number of nitrogens with one attached hydrogen (secondary N) is 1. The van der Waals surface area contributed by atoms with Gasteiger partial charge in [0.05, 0.1) is 11.1 Å². The van der Waals surface area contributed by atoms with Gasteiger partial charge in [0.25, 0.3) is 0 Å². The van der Waals surface area contributed by atoms with Crippen LogP contribution in [0.4, 0.5) is 0 Å². The molecule has 0 amide bonds. The van der Waals surface area contributed by atoms with E-state index in [1.54, 1.807) is 18.4 Å². The van der Waals surface area contributed by atoms with Gasteiger partial charge in [-0.1, -0.05) is 11.6 Å². The molecule has 2 nitrogen and oxygen atoms in total. The van der Waals surface area contributed by atoms with Gasteiger partial charge in [-0.3, -0.25) is 0 Å². The molecule has 0 aromatic heterocycles. The van der Waals surface area contributed by atoms with Crippen molar-refractivity contribution in [1.82, 2.24) is 5.32 Å². The Labute approximate surface area is 58.4 Å². The molecule has 1 atom stereocenters. The van der Waals surface area contributed by atoms with Gasteiger partial charge in [-0.25, -0.2) is 0 Å². The summed E-state index contributed by atoms with van der Waals surface area (Å²) in [4.78, 5) is 0. The molecule has 0 saturated heterocycles. The molecule has 46 valence electrons. The number of hydrogen-bond donors (Lipinski definition) is 1. The zero-order chi connectivity index (χ0) is 6.69. The minimum absolute atomic E-state index is 0.350. The fraction of sp³-hybridized carbons (Fsp3) is 0.167. The molecule has 9 heavy (non-hydrogen) atoms. The van der Waals surface area contributed by atoms with Crippen LogP contribution in [0.2, 0.25) is 0 Å². The Morgan fingerprint density at radius 3 is 3.00 bits per heavy atom. The SMILES string of the molecule is N#CC1NC=CC=C1Cl. The van der Waals surface area contributed by atoms with E-state index < -0.39 is 0 Å². The summed E-state index contributed by atoms with van der Waals surface area (Å²) in [5.74, 6) is 0. The summed E-state index contributed by atoms with van der Waals surface area (Å²) in [5, 5.41) is 11.7. The van der Waals surface area contributed by atoms with Crippen LogP contribution in [-0.4, -0.2) is 6.04 Å². The maximum Gasteiger partial charge on any atom is 0.150 e. The zero-order valence-corrected chi connectivity index (χ0v) is 5.39. The van der Waals surface area contributed by atoms with Crippen LogP contribution >= 0.6 is 11.6 Å². The first-order valence-corrected chi connectivity index (χ1v) is 2.90. The standard InChI is InChI=1S/C6H5ClN2/c7-5-2-1-3-9-6(5)4-8/h1-3,6,9H. The number of nitriles is 1. The molecule has 1 unspecified atom stereocenters. The number of rotatable bonds is 0. The number of nitrogens with zero attached hydrogens (tertiary/aromatic N) is 1. The van der Waals surface area contributed by atoms with E-state index in [1.807, 2.05) is 6.07 Å². The molecule has 1 heterocycles. The van der Waals surface area contributed by atoms with Gasteiger partial charge in [-0.2, -0.15) is 5.26 Å². The van der Waals surface area contributed by atoms with E-state index >= 15 is 0 Å². The van der Waals surface area contributed by atoms with Crippen molar-refractivity contribution < 1.29 is 0 Å². The second-order valence-electron chi connectivity index (χ2n) is 1.64. The van der Waals surface area contributed by atoms with Crippen molar-refractivity contribution in [3.05, 3.63) is 23.4 Å². The van der Waals surface area contributed by atoms with Crippen molar-refractivity contribution in [2.24, 2.45) is 0 Å². The summed E-state index contributed by atoms with van der Waals surface area (Å²) in [6.07, 6.45) is 5.15. The highest BCUT2D eigenvalue weighted by atomic mass is 35.5. The minimum atomic E-state index is -0.350. The van der Waals surface area contributed by atoms with Crippen molar-refractivity contribution >= 4 is 11.6 Å². The largest absolute Gasteiger partial charge is 0.371 e. The van der Waals surface area contributed by atoms with Gasteiger partial charge in [0.2, 0.25) is 0 Å². The van der Waals surface area contributed by atoms with E-state index in [0.717, 1.165) is 0 Å². The average molecular weight is 141 g/mol. The van der Waals surface area contributed by atoms with Crippen LogP contribution in [-0.2, 0) is 0 Å². The van der Waals surface area contributed by atoms with Gasteiger partial charge >= 0.3 is 0 Å². The molecule has 0 saturated carbocycles. The van der Waals surface area contributed by atoms with Gasteiger partial charge in [0.15, 0.2) is 0 Å². The van der Waals surface area contributed by atoms with Crippen LogP contribution < -0.4 is 5.32 Å². The van der Waals surface area contributed by atoms with Crippen molar-refractivity contribution in [3.63, 3.8) is 0 Å². The fourth-order valence-corrected chi connectivity index (χ4v) is 0.751. The molecule has 0 spiro atoms. The van der Waals surface area contributed by atoms with Crippen LogP contribution in [0.15, 0.2) is 23.4 Å². The fourth-order valence-electron chi connectivity index (χ4n) is 0.567. The summed E-state index contributed by atoms with van der Waals surface area (Å²) in [5.41, 5.74) is 0. The van der Waals surface area contributed by atoms with Crippen LogP contribution in [0.25, 0.3) is 0 Å². The van der Waals surface area contributed by atoms with Gasteiger partial charge < -0.3 is 5.32 Å². The normalized spacial score (nSPS) is 24.0. The summed E-state index contributed by atoms with van der Waals surface area (Å²) in [6.45, 7) is 0. The maximum atomic E-state index is 8.39. The molecule has 1 aliphatic rings. The van der Waals surface area contributed by atoms with E-state index in [4.69, 9.17) is 16.9 Å². The Morgan fingerprint density at radius 1 is 1.78 bits per heavy atom. The molecule has 0 aromatic carbocycles. The highest BCUT2D eigenvalue weighted by molar-refractivity contribution is 6.30. The first-order chi connectivity index (χ1) is 4.34. The third kappa shape index (κ3) is 1.24. The molecule has 1 rings (SSSR count). The molecule has 1 aliphatic heterocycles. The van der Waals surface area contributed by atoms with Gasteiger partial charge in [-0.05, 0) is 18.4 Å². The summed E-state index contributed by atoms with van der Waals surface area (Å²) in [6, 6.07) is 1.64. The first-order valence-electron chi connectivity index (χ1n) is 2.52. The third-order valence-corrected chi connectivity index (χ3v) is 1.36. The minimum Gasteiger partial charge on any atom is -0.371 e. The van der Waals surface area contributed by atoms with E-state index in [9.17, 15) is 0 Å². The average Bonchev–Trinajstić information content (AvgIpc) is 1.89. The molecular formula is C6H5ClN2. The smallest absolute Gasteiger partial charge is 0.150 e. The van der Waals surface area contributed by atoms with E-state index in [1.165, 1.54) is 0 Å². The van der Waals surface area contributed by atoms with Crippen LogP contribution in [0, 0.1) is 11.3 Å². The van der Waals surface area contributed by atoms with E-state index in [0.29, 0.717) is 5.03 Å². The lowest BCUT2D eigenvalue weighted by molar-refractivity contribution is 0.827. The first kappa shape index (κ1) is 6.18. The lowest BCUT2D eigenvalue weighted by Crippen LogP contribution is -2.24. The molecule has 3 heteroatoms. The number of allylic oxidation sites excluding steroid dienone is 2. The second kappa shape index (κ2) is 2.56. The van der Waals surface area contributed by atoms with Crippen molar-refractivity contribution in [1.29, 1.82) is 5.26 Å². The molecular weight excluding hydrogens is 136 g/mol. The van der Waals surface area contributed by atoms with Crippen LogP contribution in [0.3, 0.4) is 0 Å². The van der Waals surface area contributed by atoms with Crippen molar-refractivity contribution in [2.75, 3.05) is 0 Å². The van der Waals surface area contributed by atoms with Gasteiger partial charge in [-0.15, -0.1) is 0 Å². The Balaban J connectivity index is 2.73. The molecule has 0 aliphatic carbocycles. The Bertz CT molecular complexity index is 200. The number of hydrogen-bond acceptors (Lipinski definition) is 2. The lowest BCUT2D eigenvalue weighted by Gasteiger charge is -2.09. The van der Waals surface area contributed by atoms with Gasteiger partial charge in [0, 0.05) is 0 Å². The lowest BCUT2D eigenvalue weighted by atomic mass is 10.2. The van der Waals surface area contributed by atoms with E-state index in [2.05, 4.69) is 5.32 Å². The predicted molar refractivity (Wildman–Crippen MR) is 35.6 cm³/mol. The van der Waals surface area contributed by atoms with Crippen LogP contribution in [0.5, 0.6) is 0 Å². The zero-order valence-electron chi connectivity index (χ0n) is 4.63. The maximum absolute atomic E-state index is 8.39. The van der Waals surface area contributed by atoms with Crippen molar-refractivity contribution in [3.8, 4) is 6.07 Å². The monoisotopic (exact) mass is 140 g/mol. The van der Waals surface area contributed by atoms with Crippen molar-refractivity contribution in [2.45, 2.75) is 6.04 Å². The second-order valence-corrected chi connectivity index (χ2v) is 2.08. The molecule has 0 radical (unpaired) electrons. The topological polar surface area (TPSA) is 35.8 Å².